The molecule has 0 radical (unpaired) electrons. The number of hydrogen-bond donors (Lipinski definition) is 0. The largest absolute Gasteiger partial charge is 0.369 e. The zero-order valence-corrected chi connectivity index (χ0v) is 9.63. The van der Waals surface area contributed by atoms with Crippen molar-refractivity contribution < 1.29 is 0 Å². The summed E-state index contributed by atoms with van der Waals surface area (Å²) in [7, 11) is 0. The van der Waals surface area contributed by atoms with Gasteiger partial charge in [-0.3, -0.25) is 0 Å². The summed E-state index contributed by atoms with van der Waals surface area (Å²) in [5.41, 5.74) is 2.88. The van der Waals surface area contributed by atoms with Gasteiger partial charge in [-0.05, 0) is 38.0 Å². The van der Waals surface area contributed by atoms with E-state index in [0.717, 1.165) is 6.54 Å². The van der Waals surface area contributed by atoms with Gasteiger partial charge in [0.15, 0.2) is 0 Å². The highest BCUT2D eigenvalue weighted by Gasteiger charge is 2.22. The van der Waals surface area contributed by atoms with Crippen LogP contribution in [0.1, 0.15) is 19.4 Å². The first-order valence-electron chi connectivity index (χ1n) is 4.74. The summed E-state index contributed by atoms with van der Waals surface area (Å²) in [5, 5.41) is 0. The molecule has 1 aromatic rings. The summed E-state index contributed by atoms with van der Waals surface area (Å²) < 4.78 is 1.26. The quantitative estimate of drug-likeness (QED) is 0.728. The average molecular weight is 240 g/mol. The van der Waals surface area contributed by atoms with E-state index in [-0.39, 0.29) is 0 Å². The minimum Gasteiger partial charge on any atom is -0.369 e. The number of anilines is 1. The van der Waals surface area contributed by atoms with Gasteiger partial charge in [0.1, 0.15) is 0 Å². The number of nitrogens with zero attached hydrogens (tertiary/aromatic N) is 1. The molecule has 70 valence electrons. The normalized spacial score (nSPS) is 15.2. The van der Waals surface area contributed by atoms with E-state index < -0.39 is 0 Å². The van der Waals surface area contributed by atoms with Gasteiger partial charge in [-0.15, -0.1) is 0 Å². The van der Waals surface area contributed by atoms with E-state index in [1.165, 1.54) is 22.1 Å². The van der Waals surface area contributed by atoms with Gasteiger partial charge < -0.3 is 4.90 Å². The molecule has 0 atom stereocenters. The van der Waals surface area contributed by atoms with Gasteiger partial charge in [0.2, 0.25) is 0 Å². The molecule has 1 nitrogen and oxygen atoms in total. The molecule has 0 amide bonds. The fourth-order valence-electron chi connectivity index (χ4n) is 1.95. The molecular formula is C11H14BrN. The molecule has 1 aromatic carbocycles. The molecule has 0 unspecified atom stereocenters. The van der Waals surface area contributed by atoms with Crippen LogP contribution < -0.4 is 4.90 Å². The lowest BCUT2D eigenvalue weighted by Gasteiger charge is -2.23. The lowest BCUT2D eigenvalue weighted by atomic mass is 10.2. The van der Waals surface area contributed by atoms with Gasteiger partial charge in [-0.25, -0.2) is 0 Å². The fourth-order valence-corrected chi connectivity index (χ4v) is 2.51. The van der Waals surface area contributed by atoms with E-state index in [2.05, 4.69) is 52.9 Å². The summed E-state index contributed by atoms with van der Waals surface area (Å²) in [6.07, 6.45) is 1.18. The Morgan fingerprint density at radius 1 is 1.38 bits per heavy atom. The van der Waals surface area contributed by atoms with E-state index in [1.807, 2.05) is 0 Å². The Hall–Kier alpha value is -0.500. The van der Waals surface area contributed by atoms with Crippen molar-refractivity contribution in [2.45, 2.75) is 26.3 Å². The Balaban J connectivity index is 2.43. The van der Waals surface area contributed by atoms with E-state index in [4.69, 9.17) is 0 Å². The highest BCUT2D eigenvalue weighted by Crippen LogP contribution is 2.34. The number of hydrogen-bond acceptors (Lipinski definition) is 1. The van der Waals surface area contributed by atoms with Crippen LogP contribution in [0.5, 0.6) is 0 Å². The van der Waals surface area contributed by atoms with Crippen LogP contribution in [0, 0.1) is 0 Å². The zero-order chi connectivity index (χ0) is 9.42. The van der Waals surface area contributed by atoms with Crippen molar-refractivity contribution >= 4 is 21.6 Å². The summed E-state index contributed by atoms with van der Waals surface area (Å²) in [6.45, 7) is 5.65. The first-order valence-corrected chi connectivity index (χ1v) is 5.53. The standard InChI is InChI=1S/C11H14BrN/c1-8(2)13-7-6-9-10(12)4-3-5-11(9)13/h3-5,8H,6-7H2,1-2H3. The van der Waals surface area contributed by atoms with Crippen molar-refractivity contribution in [3.63, 3.8) is 0 Å². The molecule has 13 heavy (non-hydrogen) atoms. The molecular weight excluding hydrogens is 226 g/mol. The molecule has 1 heterocycles. The van der Waals surface area contributed by atoms with Gasteiger partial charge in [-0.2, -0.15) is 0 Å². The zero-order valence-electron chi connectivity index (χ0n) is 8.05. The molecule has 1 aliphatic heterocycles. The first-order chi connectivity index (χ1) is 6.20. The number of fused-ring (bicyclic) bond motifs is 1. The monoisotopic (exact) mass is 239 g/mol. The third-order valence-electron chi connectivity index (χ3n) is 2.63. The molecule has 0 fully saturated rings. The van der Waals surface area contributed by atoms with Crippen LogP contribution in [-0.4, -0.2) is 12.6 Å². The van der Waals surface area contributed by atoms with Crippen molar-refractivity contribution in [3.8, 4) is 0 Å². The Labute approximate surface area is 87.9 Å². The summed E-state index contributed by atoms with van der Waals surface area (Å²) in [4.78, 5) is 2.46. The molecule has 2 rings (SSSR count). The van der Waals surface area contributed by atoms with Crippen LogP contribution in [0.2, 0.25) is 0 Å². The maximum Gasteiger partial charge on any atom is 0.0413 e. The first kappa shape index (κ1) is 9.07. The highest BCUT2D eigenvalue weighted by molar-refractivity contribution is 9.10. The Morgan fingerprint density at radius 3 is 2.85 bits per heavy atom. The van der Waals surface area contributed by atoms with Crippen LogP contribution in [0.3, 0.4) is 0 Å². The molecule has 0 aliphatic carbocycles. The third-order valence-corrected chi connectivity index (χ3v) is 3.37. The number of benzene rings is 1. The summed E-state index contributed by atoms with van der Waals surface area (Å²) >= 11 is 3.60. The lowest BCUT2D eigenvalue weighted by molar-refractivity contribution is 0.710. The van der Waals surface area contributed by atoms with E-state index in [0.29, 0.717) is 6.04 Å². The smallest absolute Gasteiger partial charge is 0.0413 e. The van der Waals surface area contributed by atoms with Crippen LogP contribution in [0.15, 0.2) is 22.7 Å². The second kappa shape index (κ2) is 3.33. The molecule has 2 heteroatoms. The summed E-state index contributed by atoms with van der Waals surface area (Å²) in [5.74, 6) is 0. The van der Waals surface area contributed by atoms with Gasteiger partial charge in [0, 0.05) is 22.7 Å². The van der Waals surface area contributed by atoms with Crippen molar-refractivity contribution in [2.24, 2.45) is 0 Å². The van der Waals surface area contributed by atoms with Crippen molar-refractivity contribution in [1.29, 1.82) is 0 Å². The fraction of sp³-hybridized carbons (Fsp3) is 0.455. The predicted molar refractivity (Wildman–Crippen MR) is 60.3 cm³/mol. The maximum atomic E-state index is 3.60. The second-order valence-corrected chi connectivity index (χ2v) is 4.63. The Morgan fingerprint density at radius 2 is 2.15 bits per heavy atom. The van der Waals surface area contributed by atoms with Crippen LogP contribution >= 0.6 is 15.9 Å². The molecule has 0 bridgehead atoms. The predicted octanol–water partition coefficient (Wildman–Crippen LogP) is 3.22. The van der Waals surface area contributed by atoms with Gasteiger partial charge in [0.05, 0.1) is 0 Å². The van der Waals surface area contributed by atoms with Crippen LogP contribution in [0.25, 0.3) is 0 Å². The van der Waals surface area contributed by atoms with E-state index in [9.17, 15) is 0 Å². The Kier molecular flexibility index (Phi) is 2.33. The van der Waals surface area contributed by atoms with E-state index in [1.54, 1.807) is 0 Å². The topological polar surface area (TPSA) is 3.24 Å². The van der Waals surface area contributed by atoms with Crippen LogP contribution in [-0.2, 0) is 6.42 Å². The minimum absolute atomic E-state index is 0.607. The number of rotatable bonds is 1. The second-order valence-electron chi connectivity index (χ2n) is 3.77. The van der Waals surface area contributed by atoms with Gasteiger partial charge >= 0.3 is 0 Å². The minimum atomic E-state index is 0.607. The lowest BCUT2D eigenvalue weighted by Crippen LogP contribution is -2.28. The van der Waals surface area contributed by atoms with Crippen molar-refractivity contribution in [1.82, 2.24) is 0 Å². The molecule has 0 aromatic heterocycles. The van der Waals surface area contributed by atoms with Gasteiger partial charge in [-0.1, -0.05) is 22.0 Å². The maximum absolute atomic E-state index is 3.60. The molecule has 0 N–H and O–H groups in total. The van der Waals surface area contributed by atoms with Crippen molar-refractivity contribution in [3.05, 3.63) is 28.2 Å². The SMILES string of the molecule is CC(C)N1CCc2c(Br)cccc21. The summed E-state index contributed by atoms with van der Waals surface area (Å²) in [6, 6.07) is 7.06. The molecule has 0 spiro atoms. The van der Waals surface area contributed by atoms with Gasteiger partial charge in [0.25, 0.3) is 0 Å². The third kappa shape index (κ3) is 1.48. The van der Waals surface area contributed by atoms with Crippen molar-refractivity contribution in [2.75, 3.05) is 11.4 Å². The van der Waals surface area contributed by atoms with E-state index >= 15 is 0 Å². The van der Waals surface area contributed by atoms with Crippen LogP contribution in [0.4, 0.5) is 5.69 Å². The number of halogens is 1. The molecule has 1 aliphatic rings. The Bertz CT molecular complexity index is 320. The highest BCUT2D eigenvalue weighted by atomic mass is 79.9. The molecule has 0 saturated heterocycles. The average Bonchev–Trinajstić information content (AvgIpc) is 2.48. The molecule has 0 saturated carbocycles.